The van der Waals surface area contributed by atoms with Crippen molar-refractivity contribution in [3.05, 3.63) is 59.1 Å². The van der Waals surface area contributed by atoms with Crippen LogP contribution in [-0.2, 0) is 4.79 Å². The van der Waals surface area contributed by atoms with Crippen LogP contribution in [0.2, 0.25) is 5.02 Å². The van der Waals surface area contributed by atoms with E-state index in [0.717, 1.165) is 11.3 Å². The Morgan fingerprint density at radius 2 is 1.74 bits per heavy atom. The number of thioether (sulfide) groups is 1. The Kier molecular flexibility index (Phi) is 5.87. The van der Waals surface area contributed by atoms with Gasteiger partial charge in [-0.05, 0) is 48.7 Å². The monoisotopic (exact) mass is 400 g/mol. The van der Waals surface area contributed by atoms with Crippen molar-refractivity contribution in [1.29, 1.82) is 0 Å². The van der Waals surface area contributed by atoms with Gasteiger partial charge >= 0.3 is 0 Å². The second kappa shape index (κ2) is 8.15. The van der Waals surface area contributed by atoms with Gasteiger partial charge in [-0.3, -0.25) is 9.36 Å². The first-order chi connectivity index (χ1) is 12.9. The lowest BCUT2D eigenvalue weighted by Gasteiger charge is -2.17. The largest absolute Gasteiger partial charge is 0.369 e. The van der Waals surface area contributed by atoms with E-state index in [1.165, 1.54) is 17.3 Å². The number of carbonyl (C=O) groups is 1. The van der Waals surface area contributed by atoms with E-state index in [0.29, 0.717) is 21.9 Å². The zero-order chi connectivity index (χ0) is 19.6. The van der Waals surface area contributed by atoms with E-state index in [-0.39, 0.29) is 5.91 Å². The molecule has 0 saturated carbocycles. The van der Waals surface area contributed by atoms with E-state index < -0.39 is 5.25 Å². The molecular formula is C20H21ClN4OS. The molecule has 140 valence electrons. The molecule has 0 bridgehead atoms. The lowest BCUT2D eigenvalue weighted by Crippen LogP contribution is -2.23. The van der Waals surface area contributed by atoms with Gasteiger partial charge in [-0.2, -0.15) is 0 Å². The van der Waals surface area contributed by atoms with Crippen LogP contribution < -0.4 is 5.73 Å². The Bertz CT molecular complexity index is 953. The van der Waals surface area contributed by atoms with Crippen LogP contribution in [0.25, 0.3) is 17.1 Å². The van der Waals surface area contributed by atoms with Crippen molar-refractivity contribution in [1.82, 2.24) is 14.8 Å². The number of carbonyl (C=O) groups excluding carboxylic acids is 1. The summed E-state index contributed by atoms with van der Waals surface area (Å²) < 4.78 is 1.99. The number of primary amides is 1. The summed E-state index contributed by atoms with van der Waals surface area (Å²) in [5.41, 5.74) is 8.50. The molecule has 0 spiro atoms. The first-order valence-electron chi connectivity index (χ1n) is 8.65. The maximum Gasteiger partial charge on any atom is 0.230 e. The molecule has 0 fully saturated rings. The minimum atomic E-state index is -0.419. The van der Waals surface area contributed by atoms with Gasteiger partial charge in [0.25, 0.3) is 0 Å². The van der Waals surface area contributed by atoms with Crippen LogP contribution in [0.3, 0.4) is 0 Å². The maximum atomic E-state index is 11.6. The predicted molar refractivity (Wildman–Crippen MR) is 110 cm³/mol. The van der Waals surface area contributed by atoms with Gasteiger partial charge in [-0.15, -0.1) is 10.2 Å². The van der Waals surface area contributed by atoms with Crippen LogP contribution in [0.4, 0.5) is 0 Å². The molecule has 0 saturated heterocycles. The van der Waals surface area contributed by atoms with E-state index in [9.17, 15) is 4.79 Å². The van der Waals surface area contributed by atoms with Crippen molar-refractivity contribution in [2.45, 2.75) is 37.1 Å². The van der Waals surface area contributed by atoms with Crippen LogP contribution in [0.5, 0.6) is 0 Å². The molecule has 1 amide bonds. The summed E-state index contributed by atoms with van der Waals surface area (Å²) in [6.07, 6.45) is 0. The Morgan fingerprint density at radius 1 is 1.07 bits per heavy atom. The zero-order valence-corrected chi connectivity index (χ0v) is 17.0. The van der Waals surface area contributed by atoms with E-state index in [4.69, 9.17) is 17.3 Å². The molecular weight excluding hydrogens is 380 g/mol. The summed E-state index contributed by atoms with van der Waals surface area (Å²) in [6, 6.07) is 15.6. The Labute approximate surface area is 167 Å². The summed E-state index contributed by atoms with van der Waals surface area (Å²) >= 11 is 7.33. The van der Waals surface area contributed by atoms with Gasteiger partial charge in [-0.25, -0.2) is 0 Å². The number of aromatic nitrogens is 3. The van der Waals surface area contributed by atoms with Gasteiger partial charge in [-0.1, -0.05) is 55.4 Å². The number of hydrogen-bond donors (Lipinski definition) is 1. The lowest BCUT2D eigenvalue weighted by molar-refractivity contribution is -0.117. The molecule has 7 heteroatoms. The number of amides is 1. The quantitative estimate of drug-likeness (QED) is 0.610. The minimum absolute atomic E-state index is 0.313. The Balaban J connectivity index is 2.20. The van der Waals surface area contributed by atoms with Gasteiger partial charge < -0.3 is 5.73 Å². The molecule has 5 nitrogen and oxygen atoms in total. The SMILES string of the molecule is CC(C)c1ccccc1-n1c(S[C@H](C)C(N)=O)nnc1-c1ccc(Cl)cc1. The molecule has 1 aromatic heterocycles. The first kappa shape index (κ1) is 19.5. The highest BCUT2D eigenvalue weighted by Crippen LogP contribution is 2.33. The Hall–Kier alpha value is -2.31. The summed E-state index contributed by atoms with van der Waals surface area (Å²) in [5, 5.41) is 9.61. The van der Waals surface area contributed by atoms with Crippen molar-refractivity contribution >= 4 is 29.3 Å². The molecule has 0 aliphatic carbocycles. The highest BCUT2D eigenvalue weighted by Gasteiger charge is 2.22. The molecule has 2 N–H and O–H groups in total. The number of rotatable bonds is 6. The van der Waals surface area contributed by atoms with Gasteiger partial charge in [0, 0.05) is 10.6 Å². The molecule has 0 unspecified atom stereocenters. The molecule has 1 heterocycles. The predicted octanol–water partition coefficient (Wildman–Crippen LogP) is 4.68. The van der Waals surface area contributed by atoms with Crippen LogP contribution >= 0.6 is 23.4 Å². The van der Waals surface area contributed by atoms with Crippen molar-refractivity contribution in [3.63, 3.8) is 0 Å². The van der Waals surface area contributed by atoms with E-state index in [1.54, 1.807) is 6.92 Å². The molecule has 0 aliphatic heterocycles. The Morgan fingerprint density at radius 3 is 2.37 bits per heavy atom. The van der Waals surface area contributed by atoms with Gasteiger partial charge in [0.15, 0.2) is 11.0 Å². The van der Waals surface area contributed by atoms with Crippen molar-refractivity contribution < 1.29 is 4.79 Å². The van der Waals surface area contributed by atoms with Gasteiger partial charge in [0.1, 0.15) is 0 Å². The van der Waals surface area contributed by atoms with Crippen LogP contribution in [0.15, 0.2) is 53.7 Å². The van der Waals surface area contributed by atoms with Crippen LogP contribution in [0, 0.1) is 0 Å². The smallest absolute Gasteiger partial charge is 0.230 e. The summed E-state index contributed by atoms with van der Waals surface area (Å²) in [5.74, 6) is 0.617. The molecule has 3 aromatic rings. The zero-order valence-electron chi connectivity index (χ0n) is 15.4. The van der Waals surface area contributed by atoms with E-state index >= 15 is 0 Å². The fourth-order valence-electron chi connectivity index (χ4n) is 2.74. The third-order valence-corrected chi connectivity index (χ3v) is 5.53. The standard InChI is InChI=1S/C20H21ClN4OS/c1-12(2)16-6-4-5-7-17(16)25-19(14-8-10-15(21)11-9-14)23-24-20(25)27-13(3)18(22)26/h4-13H,1-3H3,(H2,22,26)/t13-/m1/s1. The number of nitrogens with two attached hydrogens (primary N) is 1. The van der Waals surface area contributed by atoms with Crippen molar-refractivity contribution in [3.8, 4) is 17.1 Å². The number of benzene rings is 2. The molecule has 0 aliphatic rings. The number of para-hydroxylation sites is 1. The second-order valence-electron chi connectivity index (χ2n) is 6.52. The molecule has 0 radical (unpaired) electrons. The van der Waals surface area contributed by atoms with E-state index in [1.807, 2.05) is 47.0 Å². The maximum absolute atomic E-state index is 11.6. The molecule has 1 atom stereocenters. The normalized spacial score (nSPS) is 12.3. The van der Waals surface area contributed by atoms with Crippen molar-refractivity contribution in [2.75, 3.05) is 0 Å². The first-order valence-corrected chi connectivity index (χ1v) is 9.91. The number of hydrogen-bond acceptors (Lipinski definition) is 4. The second-order valence-corrected chi connectivity index (χ2v) is 8.27. The van der Waals surface area contributed by atoms with Gasteiger partial charge in [0.2, 0.25) is 5.91 Å². The molecule has 3 rings (SSSR count). The fourth-order valence-corrected chi connectivity index (χ4v) is 3.68. The minimum Gasteiger partial charge on any atom is -0.369 e. The lowest BCUT2D eigenvalue weighted by atomic mass is 10.0. The molecule has 27 heavy (non-hydrogen) atoms. The van der Waals surface area contributed by atoms with Crippen LogP contribution in [0.1, 0.15) is 32.3 Å². The molecule has 2 aromatic carbocycles. The third kappa shape index (κ3) is 4.17. The average molecular weight is 401 g/mol. The van der Waals surface area contributed by atoms with Gasteiger partial charge in [0.05, 0.1) is 10.9 Å². The summed E-state index contributed by atoms with van der Waals surface area (Å²) in [4.78, 5) is 11.6. The average Bonchev–Trinajstić information content (AvgIpc) is 3.05. The highest BCUT2D eigenvalue weighted by atomic mass is 35.5. The van der Waals surface area contributed by atoms with E-state index in [2.05, 4.69) is 30.1 Å². The van der Waals surface area contributed by atoms with Crippen LogP contribution in [-0.4, -0.2) is 25.9 Å². The third-order valence-electron chi connectivity index (χ3n) is 4.22. The fraction of sp³-hybridized carbons (Fsp3) is 0.250. The summed E-state index contributed by atoms with van der Waals surface area (Å²) in [6.45, 7) is 6.05. The number of nitrogens with zero attached hydrogens (tertiary/aromatic N) is 3. The number of halogens is 1. The summed E-state index contributed by atoms with van der Waals surface area (Å²) in [7, 11) is 0. The highest BCUT2D eigenvalue weighted by molar-refractivity contribution is 8.00. The van der Waals surface area contributed by atoms with Crippen molar-refractivity contribution in [2.24, 2.45) is 5.73 Å². The topological polar surface area (TPSA) is 73.8 Å².